The van der Waals surface area contributed by atoms with Crippen LogP contribution in [0.5, 0.6) is 0 Å². The molecule has 0 spiro atoms. The van der Waals surface area contributed by atoms with Crippen molar-refractivity contribution < 1.29 is 4.79 Å². The number of halogens is 1. The van der Waals surface area contributed by atoms with E-state index in [-0.39, 0.29) is 0 Å². The quantitative estimate of drug-likeness (QED) is 0.866. The first-order valence-electron chi connectivity index (χ1n) is 5.66. The Kier molecular flexibility index (Phi) is 3.69. The molecule has 1 aromatic rings. The standard InChI is InChI=1S/C12H16BrN3O/c1-8-7-16(6-5-15-8)10-4-2-3-9(13)11(10)12(14)17/h2-4,8,15H,5-7H2,1H3,(H2,14,17)/t8-/m0/s1. The summed E-state index contributed by atoms with van der Waals surface area (Å²) in [6, 6.07) is 6.14. The van der Waals surface area contributed by atoms with Gasteiger partial charge >= 0.3 is 0 Å². The van der Waals surface area contributed by atoms with E-state index in [1.54, 1.807) is 0 Å². The lowest BCUT2D eigenvalue weighted by molar-refractivity contribution is 0.1000. The number of nitrogens with one attached hydrogen (secondary N) is 1. The third-order valence-corrected chi connectivity index (χ3v) is 3.61. The van der Waals surface area contributed by atoms with Gasteiger partial charge in [-0.1, -0.05) is 6.07 Å². The van der Waals surface area contributed by atoms with Gasteiger partial charge in [0, 0.05) is 30.1 Å². The van der Waals surface area contributed by atoms with Gasteiger partial charge in [-0.25, -0.2) is 0 Å². The number of hydrogen-bond acceptors (Lipinski definition) is 3. The molecule has 1 atom stereocenters. The number of nitrogens with zero attached hydrogens (tertiary/aromatic N) is 1. The van der Waals surface area contributed by atoms with Crippen LogP contribution >= 0.6 is 15.9 Å². The zero-order valence-electron chi connectivity index (χ0n) is 9.74. The van der Waals surface area contributed by atoms with E-state index in [1.807, 2.05) is 18.2 Å². The molecule has 4 nitrogen and oxygen atoms in total. The summed E-state index contributed by atoms with van der Waals surface area (Å²) in [5, 5.41) is 3.38. The normalized spacial score (nSPS) is 20.4. The fourth-order valence-electron chi connectivity index (χ4n) is 2.17. The van der Waals surface area contributed by atoms with Gasteiger partial charge in [0.2, 0.25) is 0 Å². The molecule has 5 heteroatoms. The minimum atomic E-state index is -0.390. The SMILES string of the molecule is C[C@H]1CN(c2cccc(Br)c2C(N)=O)CCN1. The van der Waals surface area contributed by atoms with Crippen LogP contribution in [0.1, 0.15) is 17.3 Å². The molecule has 1 aliphatic heterocycles. The van der Waals surface area contributed by atoms with E-state index in [0.29, 0.717) is 11.6 Å². The summed E-state index contributed by atoms with van der Waals surface area (Å²) < 4.78 is 0.758. The fraction of sp³-hybridized carbons (Fsp3) is 0.417. The zero-order valence-corrected chi connectivity index (χ0v) is 11.3. The fourth-order valence-corrected chi connectivity index (χ4v) is 2.72. The number of amides is 1. The largest absolute Gasteiger partial charge is 0.368 e. The van der Waals surface area contributed by atoms with Gasteiger partial charge in [0.25, 0.3) is 5.91 Å². The Balaban J connectivity index is 2.37. The van der Waals surface area contributed by atoms with Gasteiger partial charge in [0.15, 0.2) is 0 Å². The van der Waals surface area contributed by atoms with Gasteiger partial charge in [0.1, 0.15) is 0 Å². The van der Waals surface area contributed by atoms with Crippen molar-refractivity contribution in [1.29, 1.82) is 0 Å². The number of hydrogen-bond donors (Lipinski definition) is 2. The van der Waals surface area contributed by atoms with Crippen molar-refractivity contribution in [1.82, 2.24) is 5.32 Å². The van der Waals surface area contributed by atoms with Gasteiger partial charge < -0.3 is 16.0 Å². The number of carbonyl (C=O) groups is 1. The maximum Gasteiger partial charge on any atom is 0.251 e. The predicted molar refractivity (Wildman–Crippen MR) is 72.3 cm³/mol. The zero-order chi connectivity index (χ0) is 12.4. The van der Waals surface area contributed by atoms with Gasteiger partial charge in [-0.05, 0) is 35.0 Å². The molecule has 3 N–H and O–H groups in total. The monoisotopic (exact) mass is 297 g/mol. The Morgan fingerprint density at radius 3 is 3.00 bits per heavy atom. The van der Waals surface area contributed by atoms with Crippen LogP contribution in [0.4, 0.5) is 5.69 Å². The Bertz CT molecular complexity index is 436. The van der Waals surface area contributed by atoms with Crippen molar-refractivity contribution in [2.75, 3.05) is 24.5 Å². The molecule has 1 fully saturated rings. The molecular formula is C12H16BrN3O. The Labute approximate surface area is 109 Å². The number of rotatable bonds is 2. The van der Waals surface area contributed by atoms with Crippen LogP contribution < -0.4 is 16.0 Å². The molecule has 92 valence electrons. The maximum atomic E-state index is 11.5. The van der Waals surface area contributed by atoms with E-state index < -0.39 is 5.91 Å². The molecule has 1 saturated heterocycles. The summed E-state index contributed by atoms with van der Waals surface area (Å²) in [5.41, 5.74) is 6.93. The molecule has 0 saturated carbocycles. The number of piperazine rings is 1. The summed E-state index contributed by atoms with van der Waals surface area (Å²) in [6.07, 6.45) is 0. The van der Waals surface area contributed by atoms with Crippen LogP contribution in [0.25, 0.3) is 0 Å². The van der Waals surface area contributed by atoms with E-state index in [9.17, 15) is 4.79 Å². The Morgan fingerprint density at radius 2 is 2.35 bits per heavy atom. The molecular weight excluding hydrogens is 282 g/mol. The molecule has 0 aliphatic carbocycles. The average Bonchev–Trinajstić information content (AvgIpc) is 2.28. The number of anilines is 1. The summed E-state index contributed by atoms with van der Waals surface area (Å²) in [5.74, 6) is -0.390. The molecule has 1 heterocycles. The van der Waals surface area contributed by atoms with Crippen LogP contribution in [-0.4, -0.2) is 31.6 Å². The van der Waals surface area contributed by atoms with Crippen molar-refractivity contribution in [3.63, 3.8) is 0 Å². The first-order valence-corrected chi connectivity index (χ1v) is 6.45. The minimum absolute atomic E-state index is 0.390. The van der Waals surface area contributed by atoms with Crippen LogP contribution in [0.3, 0.4) is 0 Å². The third-order valence-electron chi connectivity index (χ3n) is 2.95. The molecule has 1 aromatic carbocycles. The highest BCUT2D eigenvalue weighted by molar-refractivity contribution is 9.10. The van der Waals surface area contributed by atoms with E-state index in [4.69, 9.17) is 5.73 Å². The first-order chi connectivity index (χ1) is 8.09. The van der Waals surface area contributed by atoms with Gasteiger partial charge in [-0.3, -0.25) is 4.79 Å². The minimum Gasteiger partial charge on any atom is -0.368 e. The third kappa shape index (κ3) is 2.61. The second-order valence-corrected chi connectivity index (χ2v) is 5.15. The lowest BCUT2D eigenvalue weighted by atomic mass is 10.1. The Morgan fingerprint density at radius 1 is 1.59 bits per heavy atom. The van der Waals surface area contributed by atoms with Gasteiger partial charge in [0.05, 0.1) is 11.3 Å². The van der Waals surface area contributed by atoms with E-state index in [2.05, 4.69) is 33.1 Å². The topological polar surface area (TPSA) is 58.4 Å². The predicted octanol–water partition coefficient (Wildman–Crippen LogP) is 1.35. The van der Waals surface area contributed by atoms with Crippen molar-refractivity contribution in [3.8, 4) is 0 Å². The summed E-state index contributed by atoms with van der Waals surface area (Å²) in [7, 11) is 0. The van der Waals surface area contributed by atoms with Crippen molar-refractivity contribution in [2.45, 2.75) is 13.0 Å². The average molecular weight is 298 g/mol. The highest BCUT2D eigenvalue weighted by Gasteiger charge is 2.21. The van der Waals surface area contributed by atoms with Gasteiger partial charge in [-0.2, -0.15) is 0 Å². The summed E-state index contributed by atoms with van der Waals surface area (Å²) >= 11 is 3.39. The lowest BCUT2D eigenvalue weighted by Crippen LogP contribution is -2.49. The molecule has 17 heavy (non-hydrogen) atoms. The first kappa shape index (κ1) is 12.4. The van der Waals surface area contributed by atoms with Gasteiger partial charge in [-0.15, -0.1) is 0 Å². The number of benzene rings is 1. The molecule has 1 amide bonds. The van der Waals surface area contributed by atoms with Crippen LogP contribution in [0.15, 0.2) is 22.7 Å². The molecule has 0 unspecified atom stereocenters. The second kappa shape index (κ2) is 5.06. The highest BCUT2D eigenvalue weighted by Crippen LogP contribution is 2.28. The Hall–Kier alpha value is -1.07. The molecule has 0 radical (unpaired) electrons. The molecule has 1 aliphatic rings. The van der Waals surface area contributed by atoms with Crippen LogP contribution in [0.2, 0.25) is 0 Å². The number of nitrogens with two attached hydrogens (primary N) is 1. The van der Waals surface area contributed by atoms with Crippen molar-refractivity contribution in [3.05, 3.63) is 28.2 Å². The van der Waals surface area contributed by atoms with Crippen LogP contribution in [0, 0.1) is 0 Å². The maximum absolute atomic E-state index is 11.5. The lowest BCUT2D eigenvalue weighted by Gasteiger charge is -2.34. The van der Waals surface area contributed by atoms with Crippen molar-refractivity contribution in [2.24, 2.45) is 5.73 Å². The van der Waals surface area contributed by atoms with E-state index >= 15 is 0 Å². The second-order valence-electron chi connectivity index (χ2n) is 4.30. The molecule has 2 rings (SSSR count). The van der Waals surface area contributed by atoms with E-state index in [0.717, 1.165) is 29.8 Å². The summed E-state index contributed by atoms with van der Waals surface area (Å²) in [6.45, 7) is 4.83. The van der Waals surface area contributed by atoms with E-state index in [1.165, 1.54) is 0 Å². The number of carbonyl (C=O) groups excluding carboxylic acids is 1. The molecule has 0 bridgehead atoms. The smallest absolute Gasteiger partial charge is 0.251 e. The summed E-state index contributed by atoms with van der Waals surface area (Å²) in [4.78, 5) is 13.7. The van der Waals surface area contributed by atoms with Crippen molar-refractivity contribution >= 4 is 27.5 Å². The highest BCUT2D eigenvalue weighted by atomic mass is 79.9. The molecule has 0 aromatic heterocycles. The van der Waals surface area contributed by atoms with Crippen LogP contribution in [-0.2, 0) is 0 Å². The number of primary amides is 1.